The van der Waals surface area contributed by atoms with E-state index in [1.165, 1.54) is 0 Å². The van der Waals surface area contributed by atoms with Gasteiger partial charge in [0.1, 0.15) is 5.82 Å². The number of fused-ring (bicyclic) bond motifs is 1. The van der Waals surface area contributed by atoms with Crippen LogP contribution in [0.25, 0.3) is 11.0 Å². The lowest BCUT2D eigenvalue weighted by Gasteiger charge is -2.04. The Bertz CT molecular complexity index is 814. The average molecular weight is 288 g/mol. The highest BCUT2D eigenvalue weighted by molar-refractivity contribution is 6.16. The van der Waals surface area contributed by atoms with Gasteiger partial charge >= 0.3 is 0 Å². The number of benzene rings is 1. The van der Waals surface area contributed by atoms with Crippen molar-refractivity contribution < 1.29 is 4.52 Å². The Morgan fingerprint density at radius 2 is 2.25 bits per heavy atom. The summed E-state index contributed by atoms with van der Waals surface area (Å²) in [6.07, 6.45) is 0. The average Bonchev–Trinajstić information content (AvgIpc) is 3.03. The number of aromatic nitrogens is 4. The number of aryl methyl sites for hydroxylation is 1. The van der Waals surface area contributed by atoms with Gasteiger partial charge in [-0.2, -0.15) is 10.2 Å². The van der Waals surface area contributed by atoms with Crippen LogP contribution in [0, 0.1) is 18.3 Å². The third-order valence-electron chi connectivity index (χ3n) is 2.95. The first-order valence-electron chi connectivity index (χ1n) is 5.95. The van der Waals surface area contributed by atoms with Gasteiger partial charge < -0.3 is 9.09 Å². The van der Waals surface area contributed by atoms with Crippen LogP contribution in [-0.4, -0.2) is 19.7 Å². The molecular weight excluding hydrogens is 278 g/mol. The number of nitrogens with zero attached hydrogens (tertiary/aromatic N) is 5. The highest BCUT2D eigenvalue weighted by Gasteiger charge is 2.13. The van der Waals surface area contributed by atoms with Crippen molar-refractivity contribution in [3.63, 3.8) is 0 Å². The largest absolute Gasteiger partial charge is 0.340 e. The third-order valence-corrected chi connectivity index (χ3v) is 3.18. The van der Waals surface area contributed by atoms with Crippen LogP contribution in [0.5, 0.6) is 0 Å². The van der Waals surface area contributed by atoms with Crippen molar-refractivity contribution in [1.29, 1.82) is 5.26 Å². The highest BCUT2D eigenvalue weighted by Crippen LogP contribution is 2.20. The number of nitriles is 1. The first-order chi connectivity index (χ1) is 9.71. The van der Waals surface area contributed by atoms with E-state index in [0.717, 1.165) is 11.0 Å². The molecular formula is C13H10ClN5O. The zero-order valence-electron chi connectivity index (χ0n) is 10.7. The number of alkyl halides is 1. The van der Waals surface area contributed by atoms with E-state index in [1.807, 2.05) is 10.6 Å². The SMILES string of the molecule is Cc1nc(Cn2c(CCl)nc3ccc(C#N)cc32)no1. The smallest absolute Gasteiger partial charge is 0.223 e. The van der Waals surface area contributed by atoms with Crippen LogP contribution in [-0.2, 0) is 12.4 Å². The van der Waals surface area contributed by atoms with Crippen LogP contribution in [0.2, 0.25) is 0 Å². The van der Waals surface area contributed by atoms with Crippen molar-refractivity contribution in [3.05, 3.63) is 41.3 Å². The summed E-state index contributed by atoms with van der Waals surface area (Å²) in [6.45, 7) is 2.14. The van der Waals surface area contributed by atoms with Gasteiger partial charge in [0.2, 0.25) is 5.89 Å². The second-order valence-electron chi connectivity index (χ2n) is 4.29. The van der Waals surface area contributed by atoms with Crippen LogP contribution in [0.15, 0.2) is 22.7 Å². The monoisotopic (exact) mass is 287 g/mol. The van der Waals surface area contributed by atoms with Crippen molar-refractivity contribution >= 4 is 22.6 Å². The lowest BCUT2D eigenvalue weighted by molar-refractivity contribution is 0.386. The molecule has 0 atom stereocenters. The van der Waals surface area contributed by atoms with E-state index in [-0.39, 0.29) is 5.88 Å². The van der Waals surface area contributed by atoms with Gasteiger partial charge in [0.25, 0.3) is 0 Å². The molecule has 1 aromatic carbocycles. The molecule has 0 aliphatic carbocycles. The normalized spacial score (nSPS) is 10.8. The fourth-order valence-corrected chi connectivity index (χ4v) is 2.27. The van der Waals surface area contributed by atoms with Gasteiger partial charge in [-0.15, -0.1) is 11.6 Å². The van der Waals surface area contributed by atoms with Gasteiger partial charge in [-0.3, -0.25) is 0 Å². The summed E-state index contributed by atoms with van der Waals surface area (Å²) in [6, 6.07) is 7.44. The van der Waals surface area contributed by atoms with E-state index in [2.05, 4.69) is 21.2 Å². The zero-order chi connectivity index (χ0) is 14.1. The summed E-state index contributed by atoms with van der Waals surface area (Å²) < 4.78 is 6.86. The third kappa shape index (κ3) is 2.12. The fourth-order valence-electron chi connectivity index (χ4n) is 2.07. The Hall–Kier alpha value is -2.39. The Morgan fingerprint density at radius 1 is 1.40 bits per heavy atom. The topological polar surface area (TPSA) is 80.5 Å². The predicted octanol–water partition coefficient (Wildman–Crippen LogP) is 2.39. The summed E-state index contributed by atoms with van der Waals surface area (Å²) in [5.41, 5.74) is 2.20. The van der Waals surface area contributed by atoms with E-state index in [9.17, 15) is 0 Å². The van der Waals surface area contributed by atoms with Crippen LogP contribution in [0.3, 0.4) is 0 Å². The maximum Gasteiger partial charge on any atom is 0.223 e. The Morgan fingerprint density at radius 3 is 2.90 bits per heavy atom. The molecule has 0 N–H and O–H groups in total. The lowest BCUT2D eigenvalue weighted by Crippen LogP contribution is -2.05. The molecule has 0 radical (unpaired) electrons. The van der Waals surface area contributed by atoms with Crippen LogP contribution < -0.4 is 0 Å². The Labute approximate surface area is 119 Å². The number of hydrogen-bond donors (Lipinski definition) is 0. The van der Waals surface area contributed by atoms with Gasteiger partial charge in [0, 0.05) is 6.92 Å². The fraction of sp³-hybridized carbons (Fsp3) is 0.231. The van der Waals surface area contributed by atoms with E-state index < -0.39 is 0 Å². The standard InChI is InChI=1S/C13H10ClN5O/c1-8-16-12(18-20-8)7-19-11-4-9(6-15)2-3-10(11)17-13(19)5-14/h2-4H,5,7H2,1H3. The molecule has 0 aliphatic rings. The number of rotatable bonds is 3. The number of imidazole rings is 1. The minimum absolute atomic E-state index is 0.271. The van der Waals surface area contributed by atoms with Gasteiger partial charge in [0.15, 0.2) is 5.82 Å². The molecule has 100 valence electrons. The molecule has 0 saturated carbocycles. The first kappa shape index (κ1) is 12.6. The first-order valence-corrected chi connectivity index (χ1v) is 6.49. The molecule has 0 aliphatic heterocycles. The molecule has 0 unspecified atom stereocenters. The van der Waals surface area contributed by atoms with Gasteiger partial charge in [-0.1, -0.05) is 5.16 Å². The number of hydrogen-bond acceptors (Lipinski definition) is 5. The van der Waals surface area contributed by atoms with Crippen LogP contribution in [0.4, 0.5) is 0 Å². The molecule has 0 spiro atoms. The van der Waals surface area contributed by atoms with Crippen LogP contribution in [0.1, 0.15) is 23.1 Å². The summed E-state index contributed by atoms with van der Waals surface area (Å²) >= 11 is 5.94. The molecule has 0 fully saturated rings. The quantitative estimate of drug-likeness (QED) is 0.691. The van der Waals surface area contributed by atoms with Crippen molar-refractivity contribution in [2.75, 3.05) is 0 Å². The molecule has 7 heteroatoms. The second-order valence-corrected chi connectivity index (χ2v) is 4.56. The van der Waals surface area contributed by atoms with Crippen LogP contribution >= 0.6 is 11.6 Å². The molecule has 0 amide bonds. The second kappa shape index (κ2) is 4.94. The maximum absolute atomic E-state index is 9.00. The van der Waals surface area contributed by atoms with E-state index in [1.54, 1.807) is 19.1 Å². The molecule has 3 aromatic rings. The molecule has 20 heavy (non-hydrogen) atoms. The summed E-state index contributed by atoms with van der Waals surface area (Å²) in [5.74, 6) is 2.04. The zero-order valence-corrected chi connectivity index (χ0v) is 11.4. The van der Waals surface area contributed by atoms with Gasteiger partial charge in [-0.05, 0) is 18.2 Å². The van der Waals surface area contributed by atoms with E-state index in [4.69, 9.17) is 21.4 Å². The molecule has 3 rings (SSSR count). The van der Waals surface area contributed by atoms with Gasteiger partial charge in [-0.25, -0.2) is 4.98 Å². The minimum atomic E-state index is 0.271. The number of halogens is 1. The molecule has 6 nitrogen and oxygen atoms in total. The summed E-state index contributed by atoms with van der Waals surface area (Å²) in [7, 11) is 0. The summed E-state index contributed by atoms with van der Waals surface area (Å²) in [4.78, 5) is 8.62. The summed E-state index contributed by atoms with van der Waals surface area (Å²) in [5, 5.41) is 12.9. The van der Waals surface area contributed by atoms with Crippen molar-refractivity contribution in [3.8, 4) is 6.07 Å². The maximum atomic E-state index is 9.00. The lowest BCUT2D eigenvalue weighted by atomic mass is 10.2. The Balaban J connectivity index is 2.13. The minimum Gasteiger partial charge on any atom is -0.340 e. The van der Waals surface area contributed by atoms with Crippen molar-refractivity contribution in [2.45, 2.75) is 19.3 Å². The molecule has 2 aromatic heterocycles. The molecule has 2 heterocycles. The van der Waals surface area contributed by atoms with E-state index >= 15 is 0 Å². The Kier molecular flexibility index (Phi) is 3.12. The molecule has 0 saturated heterocycles. The van der Waals surface area contributed by atoms with Crippen molar-refractivity contribution in [2.24, 2.45) is 0 Å². The predicted molar refractivity (Wildman–Crippen MR) is 72.1 cm³/mol. The van der Waals surface area contributed by atoms with Gasteiger partial charge in [0.05, 0.1) is 35.1 Å². The molecule has 0 bridgehead atoms. The van der Waals surface area contributed by atoms with E-state index in [0.29, 0.717) is 29.6 Å². The highest BCUT2D eigenvalue weighted by atomic mass is 35.5. The van der Waals surface area contributed by atoms with Crippen molar-refractivity contribution in [1.82, 2.24) is 19.7 Å².